The Morgan fingerprint density at radius 1 is 1.17 bits per heavy atom. The molecule has 6 nitrogen and oxygen atoms in total. The van der Waals surface area contributed by atoms with E-state index in [4.69, 9.17) is 17.3 Å². The molecule has 0 aromatic heterocycles. The fraction of sp³-hybridized carbons (Fsp3) is 0.0769. The molecule has 2 aromatic rings. The van der Waals surface area contributed by atoms with Crippen LogP contribution in [0.3, 0.4) is 0 Å². The Morgan fingerprint density at radius 2 is 1.75 bits per heavy atom. The normalized spacial score (nSPS) is 12.0. The fourth-order valence-corrected chi connectivity index (χ4v) is 3.31. The van der Waals surface area contributed by atoms with E-state index in [1.165, 1.54) is 0 Å². The van der Waals surface area contributed by atoms with Crippen molar-refractivity contribution in [2.75, 3.05) is 10.5 Å². The molecule has 0 spiro atoms. The molecular weight excluding hydrogens is 373 g/mol. The zero-order valence-corrected chi connectivity index (χ0v) is 13.2. The second kappa shape index (κ2) is 6.29. The van der Waals surface area contributed by atoms with Gasteiger partial charge in [0.15, 0.2) is 0 Å². The Hall–Kier alpha value is -2.33. The van der Waals surface area contributed by atoms with Crippen molar-refractivity contribution in [2.45, 2.75) is 11.3 Å². The quantitative estimate of drug-likeness (QED) is 0.556. The van der Waals surface area contributed by atoms with Gasteiger partial charge in [-0.3, -0.25) is 4.72 Å². The van der Waals surface area contributed by atoms with Gasteiger partial charge in [0.1, 0.15) is 16.4 Å². The minimum atomic E-state index is -4.85. The monoisotopic (exact) mass is 382 g/mol. The zero-order valence-electron chi connectivity index (χ0n) is 11.6. The van der Waals surface area contributed by atoms with Gasteiger partial charge < -0.3 is 15.6 Å². The molecule has 0 bridgehead atoms. The van der Waals surface area contributed by atoms with Gasteiger partial charge in [0.05, 0.1) is 10.7 Å². The Kier molecular flexibility index (Phi) is 4.72. The summed E-state index contributed by atoms with van der Waals surface area (Å²) in [6.45, 7) is 0. The van der Waals surface area contributed by atoms with E-state index in [0.29, 0.717) is 0 Å². The van der Waals surface area contributed by atoms with Gasteiger partial charge in [0, 0.05) is 11.8 Å². The first-order valence-electron chi connectivity index (χ1n) is 6.14. The van der Waals surface area contributed by atoms with Crippen molar-refractivity contribution in [3.63, 3.8) is 0 Å². The van der Waals surface area contributed by atoms with Crippen molar-refractivity contribution >= 4 is 33.0 Å². The highest BCUT2D eigenvalue weighted by Crippen LogP contribution is 2.32. The maximum atomic E-state index is 12.2. The Balaban J connectivity index is 2.25. The number of sulfonamides is 1. The average molecular weight is 383 g/mol. The van der Waals surface area contributed by atoms with Crippen LogP contribution in [-0.4, -0.2) is 19.9 Å². The molecule has 0 heterocycles. The maximum Gasteiger partial charge on any atom is 0.573 e. The number of nitrogens with one attached hydrogen (secondary N) is 1. The highest BCUT2D eigenvalue weighted by Gasteiger charge is 2.31. The summed E-state index contributed by atoms with van der Waals surface area (Å²) < 4.78 is 66.5. The molecule has 0 unspecified atom stereocenters. The topological polar surface area (TPSA) is 102 Å². The summed E-state index contributed by atoms with van der Waals surface area (Å²) in [6, 6.07) is 5.95. The van der Waals surface area contributed by atoms with E-state index in [9.17, 15) is 26.7 Å². The van der Waals surface area contributed by atoms with E-state index in [1.807, 2.05) is 0 Å². The van der Waals surface area contributed by atoms with Crippen molar-refractivity contribution < 1.29 is 31.4 Å². The van der Waals surface area contributed by atoms with E-state index in [-0.39, 0.29) is 16.4 Å². The van der Waals surface area contributed by atoms with Crippen LogP contribution >= 0.6 is 11.6 Å². The van der Waals surface area contributed by atoms with Gasteiger partial charge in [-0.25, -0.2) is 8.42 Å². The van der Waals surface area contributed by atoms with Crippen LogP contribution in [-0.2, 0) is 10.0 Å². The van der Waals surface area contributed by atoms with E-state index in [2.05, 4.69) is 9.46 Å². The molecule has 0 aliphatic rings. The van der Waals surface area contributed by atoms with Gasteiger partial charge in [0.25, 0.3) is 10.0 Å². The number of alkyl halides is 3. The second-order valence-electron chi connectivity index (χ2n) is 4.52. The standard InChI is InChI=1S/C13H10ClF3N2O4S/c14-9-5-10(18)11(20)6-12(9)24(21,22)19-7-1-3-8(4-2-7)23-13(15,16)17/h1-6,19-20H,18H2. The summed E-state index contributed by atoms with van der Waals surface area (Å²) in [4.78, 5) is -0.438. The summed E-state index contributed by atoms with van der Waals surface area (Å²) in [5.74, 6) is -0.984. The molecule has 0 radical (unpaired) electrons. The third-order valence-electron chi connectivity index (χ3n) is 2.71. The van der Waals surface area contributed by atoms with E-state index >= 15 is 0 Å². The Morgan fingerprint density at radius 3 is 2.29 bits per heavy atom. The average Bonchev–Trinajstić information content (AvgIpc) is 2.43. The van der Waals surface area contributed by atoms with Gasteiger partial charge in [-0.1, -0.05) is 11.6 Å². The number of ether oxygens (including phenoxy) is 1. The number of rotatable bonds is 4. The zero-order chi connectivity index (χ0) is 18.1. The molecule has 0 saturated carbocycles. The molecule has 0 amide bonds. The predicted octanol–water partition coefficient (Wildman–Crippen LogP) is 3.33. The summed E-state index contributed by atoms with van der Waals surface area (Å²) >= 11 is 5.79. The van der Waals surface area contributed by atoms with E-state index < -0.39 is 32.8 Å². The maximum absolute atomic E-state index is 12.2. The fourth-order valence-electron chi connectivity index (χ4n) is 1.70. The molecule has 0 aliphatic heterocycles. The van der Waals surface area contributed by atoms with Crippen LogP contribution < -0.4 is 15.2 Å². The molecule has 11 heteroatoms. The number of nitrogens with two attached hydrogens (primary N) is 1. The van der Waals surface area contributed by atoms with Crippen molar-refractivity contribution in [3.8, 4) is 11.5 Å². The van der Waals surface area contributed by atoms with Crippen LogP contribution in [0.5, 0.6) is 11.5 Å². The summed E-state index contributed by atoms with van der Waals surface area (Å²) in [7, 11) is -4.19. The van der Waals surface area contributed by atoms with Crippen molar-refractivity contribution in [1.82, 2.24) is 0 Å². The van der Waals surface area contributed by atoms with Gasteiger partial charge in [0.2, 0.25) is 0 Å². The van der Waals surface area contributed by atoms with Gasteiger partial charge in [-0.2, -0.15) is 0 Å². The summed E-state index contributed by atoms with van der Waals surface area (Å²) in [5.41, 5.74) is 5.26. The molecule has 0 fully saturated rings. The first-order chi connectivity index (χ1) is 11.0. The largest absolute Gasteiger partial charge is 0.573 e. The number of aromatic hydroxyl groups is 1. The lowest BCUT2D eigenvalue weighted by atomic mass is 10.3. The van der Waals surface area contributed by atoms with Crippen LogP contribution in [0.15, 0.2) is 41.3 Å². The number of benzene rings is 2. The molecule has 0 aliphatic carbocycles. The highest BCUT2D eigenvalue weighted by atomic mass is 35.5. The second-order valence-corrected chi connectivity index (χ2v) is 6.58. The highest BCUT2D eigenvalue weighted by molar-refractivity contribution is 7.92. The summed E-state index contributed by atoms with van der Waals surface area (Å²) in [5, 5.41) is 9.27. The van der Waals surface area contributed by atoms with Gasteiger partial charge in [-0.15, -0.1) is 13.2 Å². The third-order valence-corrected chi connectivity index (χ3v) is 4.56. The first kappa shape index (κ1) is 18.0. The molecule has 130 valence electrons. The smallest absolute Gasteiger partial charge is 0.506 e. The first-order valence-corrected chi connectivity index (χ1v) is 8.01. The van der Waals surface area contributed by atoms with Gasteiger partial charge in [-0.05, 0) is 30.3 Å². The third kappa shape index (κ3) is 4.36. The predicted molar refractivity (Wildman–Crippen MR) is 81.5 cm³/mol. The van der Waals surface area contributed by atoms with Crippen molar-refractivity contribution in [1.29, 1.82) is 0 Å². The molecule has 0 saturated heterocycles. The van der Waals surface area contributed by atoms with Crippen LogP contribution in [0.25, 0.3) is 0 Å². The molecule has 0 atom stereocenters. The minimum Gasteiger partial charge on any atom is -0.506 e. The van der Waals surface area contributed by atoms with Crippen LogP contribution in [0.4, 0.5) is 24.5 Å². The van der Waals surface area contributed by atoms with E-state index in [1.54, 1.807) is 0 Å². The van der Waals surface area contributed by atoms with Crippen molar-refractivity contribution in [3.05, 3.63) is 41.4 Å². The summed E-state index contributed by atoms with van der Waals surface area (Å²) in [6.07, 6.45) is -4.85. The van der Waals surface area contributed by atoms with Crippen molar-refractivity contribution in [2.24, 2.45) is 0 Å². The van der Waals surface area contributed by atoms with Crippen LogP contribution in [0.1, 0.15) is 0 Å². The SMILES string of the molecule is Nc1cc(Cl)c(S(=O)(=O)Nc2ccc(OC(F)(F)F)cc2)cc1O. The van der Waals surface area contributed by atoms with Crippen LogP contribution in [0.2, 0.25) is 5.02 Å². The lowest BCUT2D eigenvalue weighted by molar-refractivity contribution is -0.274. The number of halogens is 4. The number of hydrogen-bond donors (Lipinski definition) is 3. The van der Waals surface area contributed by atoms with Crippen LogP contribution in [0, 0.1) is 0 Å². The number of hydrogen-bond acceptors (Lipinski definition) is 5. The van der Waals surface area contributed by atoms with Gasteiger partial charge >= 0.3 is 6.36 Å². The molecule has 2 aromatic carbocycles. The molecule has 4 N–H and O–H groups in total. The Bertz CT molecular complexity index is 855. The number of phenols is 1. The lowest BCUT2D eigenvalue weighted by Gasteiger charge is -2.12. The minimum absolute atomic E-state index is 0.0306. The molecule has 24 heavy (non-hydrogen) atoms. The van der Waals surface area contributed by atoms with E-state index in [0.717, 1.165) is 36.4 Å². The molecule has 2 rings (SSSR count). The molecular formula is C13H10ClF3N2O4S. The number of phenolic OH excluding ortho intramolecular Hbond substituents is 1. The lowest BCUT2D eigenvalue weighted by Crippen LogP contribution is -2.17. The number of anilines is 2. The Labute approximate surface area is 139 Å². The number of nitrogen functional groups attached to an aromatic ring is 1.